The van der Waals surface area contributed by atoms with E-state index in [0.29, 0.717) is 38.3 Å². The molecule has 2 aliphatic rings. The molecule has 3 heterocycles. The van der Waals surface area contributed by atoms with Crippen molar-refractivity contribution in [2.24, 2.45) is 5.92 Å². The summed E-state index contributed by atoms with van der Waals surface area (Å²) >= 11 is 1.15. The van der Waals surface area contributed by atoms with Crippen molar-refractivity contribution in [2.45, 2.75) is 21.9 Å². The van der Waals surface area contributed by atoms with E-state index in [1.165, 1.54) is 20.7 Å². The Labute approximate surface area is 192 Å². The third-order valence-corrected chi connectivity index (χ3v) is 10.7. The fraction of sp³-hybridized carbons (Fsp3) is 0.450. The van der Waals surface area contributed by atoms with Crippen LogP contribution in [0.5, 0.6) is 0 Å². The lowest BCUT2D eigenvalue weighted by Crippen LogP contribution is -2.43. The van der Waals surface area contributed by atoms with Gasteiger partial charge in [-0.1, -0.05) is 12.1 Å². The van der Waals surface area contributed by atoms with Crippen LogP contribution >= 0.6 is 11.3 Å². The first-order valence-corrected chi connectivity index (χ1v) is 14.1. The number of benzene rings is 1. The number of nitrogens with one attached hydrogen (secondary N) is 1. The molecule has 9 nitrogen and oxygen atoms in total. The minimum atomic E-state index is -3.68. The second kappa shape index (κ2) is 9.57. The van der Waals surface area contributed by atoms with Gasteiger partial charge in [-0.2, -0.15) is 8.61 Å². The monoisotopic (exact) mass is 499 g/mol. The highest BCUT2D eigenvalue weighted by Crippen LogP contribution is 2.27. The predicted molar refractivity (Wildman–Crippen MR) is 120 cm³/mol. The molecular weight excluding hydrogens is 474 g/mol. The van der Waals surface area contributed by atoms with Crippen LogP contribution in [0.1, 0.15) is 12.8 Å². The van der Waals surface area contributed by atoms with Crippen LogP contribution in [0.2, 0.25) is 0 Å². The summed E-state index contributed by atoms with van der Waals surface area (Å²) in [6, 6.07) is 9.38. The quantitative estimate of drug-likeness (QED) is 0.649. The van der Waals surface area contributed by atoms with Crippen molar-refractivity contribution in [3.05, 3.63) is 41.8 Å². The van der Waals surface area contributed by atoms with Gasteiger partial charge in [0.1, 0.15) is 4.21 Å². The fourth-order valence-corrected chi connectivity index (χ4v) is 7.95. The van der Waals surface area contributed by atoms with Crippen molar-refractivity contribution in [3.63, 3.8) is 0 Å². The highest BCUT2D eigenvalue weighted by atomic mass is 32.2. The molecule has 0 bridgehead atoms. The largest absolute Gasteiger partial charge is 0.379 e. The third kappa shape index (κ3) is 4.90. The summed E-state index contributed by atoms with van der Waals surface area (Å²) in [5.41, 5.74) is 0.363. The number of rotatable bonds is 6. The molecular formula is C20H25N3O6S3. The van der Waals surface area contributed by atoms with Crippen LogP contribution in [0.25, 0.3) is 0 Å². The molecule has 0 spiro atoms. The molecule has 0 aliphatic carbocycles. The highest BCUT2D eigenvalue weighted by molar-refractivity contribution is 7.91. The number of hydrogen-bond donors (Lipinski definition) is 1. The number of thiophene rings is 1. The summed E-state index contributed by atoms with van der Waals surface area (Å²) in [4.78, 5) is 13.0. The molecule has 1 N–H and O–H groups in total. The molecule has 0 radical (unpaired) electrons. The number of nitrogens with zero attached hydrogens (tertiary/aromatic N) is 2. The lowest BCUT2D eigenvalue weighted by atomic mass is 9.99. The van der Waals surface area contributed by atoms with Crippen molar-refractivity contribution in [3.8, 4) is 0 Å². The first kappa shape index (κ1) is 23.3. The zero-order chi connectivity index (χ0) is 22.8. The van der Waals surface area contributed by atoms with Crippen molar-refractivity contribution in [1.82, 2.24) is 8.61 Å². The molecule has 174 valence electrons. The van der Waals surface area contributed by atoms with Gasteiger partial charge in [-0.15, -0.1) is 11.3 Å². The lowest BCUT2D eigenvalue weighted by Gasteiger charge is -2.30. The SMILES string of the molecule is O=C(Nc1cccc(S(=O)(=O)N2CCOCC2)c1)C1CCCN(S(=O)(=O)c2cccs2)C1. The molecule has 1 aromatic carbocycles. The maximum absolute atomic E-state index is 12.9. The molecule has 1 amide bonds. The maximum Gasteiger partial charge on any atom is 0.252 e. The average molecular weight is 500 g/mol. The summed E-state index contributed by atoms with van der Waals surface area (Å²) in [6.45, 7) is 1.74. The number of carbonyl (C=O) groups is 1. The topological polar surface area (TPSA) is 113 Å². The van der Waals surface area contributed by atoms with Crippen molar-refractivity contribution in [1.29, 1.82) is 0 Å². The molecule has 2 fully saturated rings. The van der Waals surface area contributed by atoms with Gasteiger partial charge in [0.05, 0.1) is 24.0 Å². The summed E-state index contributed by atoms with van der Waals surface area (Å²) in [6.07, 6.45) is 1.14. The Morgan fingerprint density at radius 3 is 2.50 bits per heavy atom. The molecule has 2 saturated heterocycles. The van der Waals surface area contributed by atoms with Crippen LogP contribution < -0.4 is 5.32 Å². The number of morpholine rings is 1. The van der Waals surface area contributed by atoms with Crippen LogP contribution in [0.3, 0.4) is 0 Å². The third-order valence-electron chi connectivity index (χ3n) is 5.55. The number of carbonyl (C=O) groups excluding carboxylic acids is 1. The minimum absolute atomic E-state index is 0.0951. The Hall–Kier alpha value is -1.83. The Morgan fingerprint density at radius 2 is 1.78 bits per heavy atom. The molecule has 12 heteroatoms. The summed E-state index contributed by atoms with van der Waals surface area (Å²) in [5, 5.41) is 4.48. The number of anilines is 1. The van der Waals surface area contributed by atoms with Gasteiger partial charge in [0.15, 0.2) is 0 Å². The minimum Gasteiger partial charge on any atom is -0.379 e. The second-order valence-corrected chi connectivity index (χ2v) is 12.7. The van der Waals surface area contributed by atoms with Gasteiger partial charge in [0.25, 0.3) is 10.0 Å². The summed E-state index contributed by atoms with van der Waals surface area (Å²) < 4.78 is 59.6. The van der Waals surface area contributed by atoms with Crippen LogP contribution in [0.4, 0.5) is 5.69 Å². The number of ether oxygens (including phenoxy) is 1. The number of piperidine rings is 1. The van der Waals surface area contributed by atoms with E-state index in [0.717, 1.165) is 11.3 Å². The zero-order valence-electron chi connectivity index (χ0n) is 17.3. The van der Waals surface area contributed by atoms with Crippen LogP contribution in [0.15, 0.2) is 50.9 Å². The highest BCUT2D eigenvalue weighted by Gasteiger charge is 2.34. The van der Waals surface area contributed by atoms with E-state index < -0.39 is 26.0 Å². The van der Waals surface area contributed by atoms with Gasteiger partial charge in [-0.05, 0) is 42.5 Å². The molecule has 32 heavy (non-hydrogen) atoms. The van der Waals surface area contributed by atoms with E-state index in [2.05, 4.69) is 5.32 Å². The van der Waals surface area contributed by atoms with E-state index in [1.54, 1.807) is 29.6 Å². The van der Waals surface area contributed by atoms with Crippen molar-refractivity contribution in [2.75, 3.05) is 44.7 Å². The number of hydrogen-bond acceptors (Lipinski definition) is 7. The fourth-order valence-electron chi connectivity index (χ4n) is 3.83. The van der Waals surface area contributed by atoms with Gasteiger partial charge in [-0.3, -0.25) is 4.79 Å². The van der Waals surface area contributed by atoms with Gasteiger partial charge >= 0.3 is 0 Å². The van der Waals surface area contributed by atoms with E-state index in [9.17, 15) is 21.6 Å². The Balaban J connectivity index is 1.45. The first-order chi connectivity index (χ1) is 15.3. The van der Waals surface area contributed by atoms with Gasteiger partial charge in [0, 0.05) is 31.9 Å². The second-order valence-electron chi connectivity index (χ2n) is 7.67. The molecule has 1 aromatic heterocycles. The normalized spacial score (nSPS) is 21.3. The maximum atomic E-state index is 12.9. The number of amides is 1. The lowest BCUT2D eigenvalue weighted by molar-refractivity contribution is -0.120. The van der Waals surface area contributed by atoms with Crippen LogP contribution in [0, 0.1) is 5.92 Å². The standard InChI is InChI=1S/C20H25N3O6S3/c24-20(16-4-2-8-23(15-16)32(27,28)19-7-3-13-30-19)21-17-5-1-6-18(14-17)31(25,26)22-9-11-29-12-10-22/h1,3,5-7,13-14,16H,2,4,8-12,15H2,(H,21,24). The van der Waals surface area contributed by atoms with E-state index in [4.69, 9.17) is 4.74 Å². The molecule has 1 unspecified atom stereocenters. The summed E-state index contributed by atoms with van der Waals surface area (Å²) in [5.74, 6) is -0.838. The Kier molecular flexibility index (Phi) is 6.98. The smallest absolute Gasteiger partial charge is 0.252 e. The van der Waals surface area contributed by atoms with Crippen LogP contribution in [-0.4, -0.2) is 70.7 Å². The van der Waals surface area contributed by atoms with E-state index in [-0.39, 0.29) is 34.6 Å². The number of sulfonamides is 2. The molecule has 4 rings (SSSR count). The summed E-state index contributed by atoms with van der Waals surface area (Å²) in [7, 11) is -7.30. The predicted octanol–water partition coefficient (Wildman–Crippen LogP) is 1.81. The first-order valence-electron chi connectivity index (χ1n) is 10.3. The van der Waals surface area contributed by atoms with Crippen molar-refractivity contribution >= 4 is 43.0 Å². The molecule has 0 saturated carbocycles. The van der Waals surface area contributed by atoms with Crippen LogP contribution in [-0.2, 0) is 29.6 Å². The Bertz CT molecular complexity index is 1160. The van der Waals surface area contributed by atoms with Crippen molar-refractivity contribution < 1.29 is 26.4 Å². The zero-order valence-corrected chi connectivity index (χ0v) is 19.8. The molecule has 1 atom stereocenters. The molecule has 2 aromatic rings. The molecule has 2 aliphatic heterocycles. The van der Waals surface area contributed by atoms with Gasteiger partial charge in [0.2, 0.25) is 15.9 Å². The van der Waals surface area contributed by atoms with Gasteiger partial charge in [-0.25, -0.2) is 16.8 Å². The Morgan fingerprint density at radius 1 is 1.00 bits per heavy atom. The average Bonchev–Trinajstić information content (AvgIpc) is 3.36. The van der Waals surface area contributed by atoms with Gasteiger partial charge < -0.3 is 10.1 Å². The van der Waals surface area contributed by atoms with E-state index >= 15 is 0 Å². The van der Waals surface area contributed by atoms with E-state index in [1.807, 2.05) is 0 Å².